The van der Waals surface area contributed by atoms with E-state index in [1.807, 2.05) is 6.07 Å². The van der Waals surface area contributed by atoms with Gasteiger partial charge in [0.15, 0.2) is 5.78 Å². The van der Waals surface area contributed by atoms with Gasteiger partial charge in [-0.25, -0.2) is 0 Å². The number of rotatable bonds is 2. The molecular formula is C9H7O2-. The van der Waals surface area contributed by atoms with Crippen molar-refractivity contribution in [2.75, 3.05) is 0 Å². The Hall–Kier alpha value is -1.57. The van der Waals surface area contributed by atoms with Gasteiger partial charge in [-0.3, -0.25) is 4.79 Å². The van der Waals surface area contributed by atoms with Gasteiger partial charge in [-0.1, -0.05) is 30.3 Å². The molecule has 0 N–H and O–H groups in total. The van der Waals surface area contributed by atoms with E-state index in [1.165, 1.54) is 0 Å². The van der Waals surface area contributed by atoms with Gasteiger partial charge >= 0.3 is 0 Å². The molecule has 0 saturated heterocycles. The Balaban J connectivity index is 2.86. The summed E-state index contributed by atoms with van der Waals surface area (Å²) in [7, 11) is 0. The zero-order chi connectivity index (χ0) is 8.10. The normalized spacial score (nSPS) is 10.2. The lowest BCUT2D eigenvalue weighted by molar-refractivity contribution is -0.274. The summed E-state index contributed by atoms with van der Waals surface area (Å²) in [6.07, 6.45) is 1.50. The third-order valence-electron chi connectivity index (χ3n) is 1.28. The topological polar surface area (TPSA) is 40.1 Å². The molecule has 1 aromatic carbocycles. The Bertz CT molecular complexity index is 262. The summed E-state index contributed by atoms with van der Waals surface area (Å²) in [6.45, 7) is 0. The minimum absolute atomic E-state index is 0.249. The van der Waals surface area contributed by atoms with Crippen LogP contribution in [0.15, 0.2) is 42.7 Å². The van der Waals surface area contributed by atoms with Gasteiger partial charge in [0.2, 0.25) is 0 Å². The Labute approximate surface area is 64.8 Å². The lowest BCUT2D eigenvalue weighted by Crippen LogP contribution is -1.96. The van der Waals surface area contributed by atoms with Crippen LogP contribution >= 0.6 is 0 Å². The molecule has 0 bridgehead atoms. The first kappa shape index (κ1) is 7.54. The average molecular weight is 147 g/mol. The van der Waals surface area contributed by atoms with E-state index in [0.717, 1.165) is 6.08 Å². The molecule has 0 aliphatic rings. The second-order valence-corrected chi connectivity index (χ2v) is 2.03. The van der Waals surface area contributed by atoms with Crippen LogP contribution in [0.3, 0.4) is 0 Å². The van der Waals surface area contributed by atoms with Gasteiger partial charge in [0.25, 0.3) is 0 Å². The largest absolute Gasteiger partial charge is 0.878 e. The molecule has 2 heteroatoms. The summed E-state index contributed by atoms with van der Waals surface area (Å²) in [5, 5.41) is 9.91. The van der Waals surface area contributed by atoms with Crippen molar-refractivity contribution in [2.45, 2.75) is 0 Å². The maximum absolute atomic E-state index is 11.0. The molecule has 2 nitrogen and oxygen atoms in total. The van der Waals surface area contributed by atoms with Gasteiger partial charge in [0, 0.05) is 5.56 Å². The average Bonchev–Trinajstić information content (AvgIpc) is 2.07. The van der Waals surface area contributed by atoms with Crippen LogP contribution in [0.4, 0.5) is 0 Å². The van der Waals surface area contributed by atoms with E-state index < -0.39 is 0 Å². The number of carbonyl (C=O) groups is 1. The quantitative estimate of drug-likeness (QED) is 0.351. The predicted molar refractivity (Wildman–Crippen MR) is 39.9 cm³/mol. The highest BCUT2D eigenvalue weighted by Crippen LogP contribution is 1.99. The summed E-state index contributed by atoms with van der Waals surface area (Å²) < 4.78 is 0. The number of ketones is 1. The van der Waals surface area contributed by atoms with Crippen LogP contribution in [0.2, 0.25) is 0 Å². The van der Waals surface area contributed by atoms with Crippen molar-refractivity contribution in [1.29, 1.82) is 0 Å². The van der Waals surface area contributed by atoms with Crippen LogP contribution in [0.25, 0.3) is 0 Å². The minimum atomic E-state index is -0.249. The molecular weight excluding hydrogens is 140 g/mol. The Morgan fingerprint density at radius 1 is 1.27 bits per heavy atom. The van der Waals surface area contributed by atoms with Crippen molar-refractivity contribution < 1.29 is 9.90 Å². The fourth-order valence-corrected chi connectivity index (χ4v) is 0.760. The van der Waals surface area contributed by atoms with E-state index in [0.29, 0.717) is 11.8 Å². The molecule has 0 atom stereocenters. The molecule has 56 valence electrons. The van der Waals surface area contributed by atoms with Crippen molar-refractivity contribution in [3.05, 3.63) is 48.2 Å². The maximum atomic E-state index is 11.0. The molecule has 11 heavy (non-hydrogen) atoms. The van der Waals surface area contributed by atoms with E-state index >= 15 is 0 Å². The van der Waals surface area contributed by atoms with Crippen LogP contribution in [0.1, 0.15) is 10.4 Å². The van der Waals surface area contributed by atoms with Gasteiger partial charge in [-0.2, -0.15) is 0 Å². The van der Waals surface area contributed by atoms with E-state index in [-0.39, 0.29) is 5.78 Å². The summed E-state index contributed by atoms with van der Waals surface area (Å²) >= 11 is 0. The molecule has 0 radical (unpaired) electrons. The highest BCUT2D eigenvalue weighted by atomic mass is 16.2. The first-order valence-corrected chi connectivity index (χ1v) is 3.22. The number of hydrogen-bond donors (Lipinski definition) is 0. The second-order valence-electron chi connectivity index (χ2n) is 2.03. The Morgan fingerprint density at radius 2 is 1.91 bits per heavy atom. The summed E-state index contributed by atoms with van der Waals surface area (Å²) in [5.74, 6) is -0.249. The van der Waals surface area contributed by atoms with Crippen molar-refractivity contribution >= 4 is 5.78 Å². The second kappa shape index (κ2) is 3.56. The monoisotopic (exact) mass is 147 g/mol. The predicted octanol–water partition coefficient (Wildman–Crippen LogP) is 0.743. The van der Waals surface area contributed by atoms with Crippen LogP contribution in [0, 0.1) is 0 Å². The van der Waals surface area contributed by atoms with Gasteiger partial charge in [0.05, 0.1) is 0 Å². The van der Waals surface area contributed by atoms with Crippen molar-refractivity contribution in [3.63, 3.8) is 0 Å². The molecule has 0 aromatic heterocycles. The summed E-state index contributed by atoms with van der Waals surface area (Å²) in [5.41, 5.74) is 0.541. The molecule has 0 fully saturated rings. The highest BCUT2D eigenvalue weighted by Gasteiger charge is 1.96. The Kier molecular flexibility index (Phi) is 2.44. The van der Waals surface area contributed by atoms with Crippen LogP contribution in [-0.2, 0) is 0 Å². The molecule has 1 aromatic rings. The third-order valence-corrected chi connectivity index (χ3v) is 1.28. The molecule has 1 rings (SSSR count). The van der Waals surface area contributed by atoms with E-state index in [2.05, 4.69) is 0 Å². The zero-order valence-electron chi connectivity index (χ0n) is 5.86. The van der Waals surface area contributed by atoms with E-state index in [9.17, 15) is 9.90 Å². The SMILES string of the molecule is O=C(C=C[O-])c1ccccc1. The fourth-order valence-electron chi connectivity index (χ4n) is 0.760. The molecule has 0 saturated carbocycles. The van der Waals surface area contributed by atoms with Gasteiger partial charge in [-0.15, -0.1) is 6.26 Å². The van der Waals surface area contributed by atoms with Crippen LogP contribution in [0.5, 0.6) is 0 Å². The van der Waals surface area contributed by atoms with Crippen molar-refractivity contribution in [2.24, 2.45) is 0 Å². The van der Waals surface area contributed by atoms with Crippen molar-refractivity contribution in [3.8, 4) is 0 Å². The standard InChI is InChI=1S/C9H8O2/c10-7-6-9(11)8-4-2-1-3-5-8/h1-7,10H/p-1. The molecule has 0 spiro atoms. The third kappa shape index (κ3) is 1.93. The Morgan fingerprint density at radius 3 is 2.45 bits per heavy atom. The number of hydrogen-bond acceptors (Lipinski definition) is 2. The molecule has 0 amide bonds. The maximum Gasteiger partial charge on any atom is 0.184 e. The van der Waals surface area contributed by atoms with Crippen molar-refractivity contribution in [1.82, 2.24) is 0 Å². The number of allylic oxidation sites excluding steroid dienone is 1. The summed E-state index contributed by atoms with van der Waals surface area (Å²) in [4.78, 5) is 11.0. The fraction of sp³-hybridized carbons (Fsp3) is 0. The number of benzene rings is 1. The highest BCUT2D eigenvalue weighted by molar-refractivity contribution is 6.04. The zero-order valence-corrected chi connectivity index (χ0v) is 5.86. The minimum Gasteiger partial charge on any atom is -0.878 e. The smallest absolute Gasteiger partial charge is 0.184 e. The summed E-state index contributed by atoms with van der Waals surface area (Å²) in [6, 6.07) is 8.67. The number of carbonyl (C=O) groups excluding carboxylic acids is 1. The molecule has 0 unspecified atom stereocenters. The van der Waals surface area contributed by atoms with E-state index in [1.54, 1.807) is 24.3 Å². The van der Waals surface area contributed by atoms with Gasteiger partial charge in [0.1, 0.15) is 0 Å². The van der Waals surface area contributed by atoms with Gasteiger partial charge < -0.3 is 5.11 Å². The molecule has 0 heterocycles. The lowest BCUT2D eigenvalue weighted by Gasteiger charge is -1.94. The first-order chi connectivity index (χ1) is 5.34. The first-order valence-electron chi connectivity index (χ1n) is 3.22. The van der Waals surface area contributed by atoms with Crippen LogP contribution < -0.4 is 5.11 Å². The van der Waals surface area contributed by atoms with E-state index in [4.69, 9.17) is 0 Å². The lowest BCUT2D eigenvalue weighted by atomic mass is 10.1. The van der Waals surface area contributed by atoms with Gasteiger partial charge in [-0.05, 0) is 6.08 Å². The molecule has 0 aliphatic heterocycles. The van der Waals surface area contributed by atoms with Crippen LogP contribution in [-0.4, -0.2) is 5.78 Å². The molecule has 0 aliphatic carbocycles.